The Hall–Kier alpha value is 0.180. The minimum Gasteiger partial charge on any atom is -0.276 e. The molecule has 0 aliphatic carbocycles. The number of hydrogen-bond donors (Lipinski definition) is 1. The summed E-state index contributed by atoms with van der Waals surface area (Å²) < 4.78 is 7.07. The van der Waals surface area contributed by atoms with Gasteiger partial charge < -0.3 is 0 Å². The SMILES string of the molecule is Cl.N=S1C=CCC1. The van der Waals surface area contributed by atoms with Crippen LogP contribution in [0.25, 0.3) is 0 Å². The van der Waals surface area contributed by atoms with E-state index < -0.39 is 0 Å². The maximum atomic E-state index is 7.07. The summed E-state index contributed by atoms with van der Waals surface area (Å²) in [5.74, 6) is 1.07. The van der Waals surface area contributed by atoms with E-state index in [1.807, 2.05) is 5.41 Å². The third kappa shape index (κ3) is 2.09. The Bertz CT molecular complexity index is 99.9. The van der Waals surface area contributed by atoms with Crippen molar-refractivity contribution in [1.82, 2.24) is 0 Å². The molecule has 1 aliphatic heterocycles. The van der Waals surface area contributed by atoms with Gasteiger partial charge in [0.25, 0.3) is 0 Å². The Morgan fingerprint density at radius 2 is 2.29 bits per heavy atom. The first kappa shape index (κ1) is 7.18. The second-order valence-corrected chi connectivity index (χ2v) is 2.83. The van der Waals surface area contributed by atoms with Gasteiger partial charge in [0.15, 0.2) is 0 Å². The molecule has 1 nitrogen and oxygen atoms in total. The van der Waals surface area contributed by atoms with Gasteiger partial charge in [0.1, 0.15) is 0 Å². The van der Waals surface area contributed by atoms with Gasteiger partial charge in [-0.25, -0.2) is 0 Å². The summed E-state index contributed by atoms with van der Waals surface area (Å²) in [5, 5.41) is 1.97. The standard InChI is InChI=1S/C4H7NS.ClH/c5-6-3-1-2-4-6;/h1,3,5H,2,4H2;1H. The van der Waals surface area contributed by atoms with Crippen LogP contribution < -0.4 is 0 Å². The summed E-state index contributed by atoms with van der Waals surface area (Å²) in [4.78, 5) is 0. The maximum absolute atomic E-state index is 7.07. The predicted molar refractivity (Wildman–Crippen MR) is 36.0 cm³/mol. The first-order valence-corrected chi connectivity index (χ1v) is 3.43. The van der Waals surface area contributed by atoms with E-state index >= 15 is 0 Å². The van der Waals surface area contributed by atoms with Crippen LogP contribution in [0.3, 0.4) is 0 Å². The molecule has 0 fully saturated rings. The molecular formula is C4H8ClNS. The monoisotopic (exact) mass is 137 g/mol. The van der Waals surface area contributed by atoms with Crippen LogP contribution in [0.1, 0.15) is 6.42 Å². The van der Waals surface area contributed by atoms with E-state index in [1.165, 1.54) is 0 Å². The van der Waals surface area contributed by atoms with Crippen LogP contribution in [0.15, 0.2) is 11.5 Å². The van der Waals surface area contributed by atoms with Gasteiger partial charge in [-0.15, -0.1) is 12.4 Å². The lowest BCUT2D eigenvalue weighted by Crippen LogP contribution is -1.77. The summed E-state index contributed by atoms with van der Waals surface area (Å²) in [6, 6.07) is 0. The van der Waals surface area contributed by atoms with E-state index in [-0.39, 0.29) is 23.1 Å². The molecule has 0 amide bonds. The van der Waals surface area contributed by atoms with Crippen molar-refractivity contribution in [3.05, 3.63) is 11.5 Å². The highest BCUT2D eigenvalue weighted by molar-refractivity contribution is 7.89. The molecule has 7 heavy (non-hydrogen) atoms. The third-order valence-electron chi connectivity index (χ3n) is 0.765. The normalized spacial score (nSPS) is 27.1. The van der Waals surface area contributed by atoms with Crippen LogP contribution in [0.2, 0.25) is 0 Å². The van der Waals surface area contributed by atoms with Gasteiger partial charge in [-0.05, 0) is 11.8 Å². The van der Waals surface area contributed by atoms with Crippen molar-refractivity contribution in [3.63, 3.8) is 0 Å². The summed E-state index contributed by atoms with van der Waals surface area (Å²) >= 11 is 0. The molecule has 0 spiro atoms. The molecule has 0 aromatic heterocycles. The van der Waals surface area contributed by atoms with Gasteiger partial charge in [0.2, 0.25) is 0 Å². The van der Waals surface area contributed by atoms with Crippen molar-refractivity contribution in [2.75, 3.05) is 5.75 Å². The fourth-order valence-corrected chi connectivity index (χ4v) is 1.34. The number of allylic oxidation sites excluding steroid dienone is 1. The molecule has 1 aliphatic rings. The molecule has 1 rings (SSSR count). The Morgan fingerprint density at radius 3 is 2.43 bits per heavy atom. The highest BCUT2D eigenvalue weighted by Gasteiger charge is 1.92. The van der Waals surface area contributed by atoms with Gasteiger partial charge in [-0.3, -0.25) is 4.78 Å². The molecule has 0 radical (unpaired) electrons. The van der Waals surface area contributed by atoms with Gasteiger partial charge in [-0.1, -0.05) is 16.8 Å². The van der Waals surface area contributed by atoms with E-state index in [0.29, 0.717) is 0 Å². The molecule has 1 unspecified atom stereocenters. The average Bonchev–Trinajstić information content (AvgIpc) is 1.86. The zero-order valence-corrected chi connectivity index (χ0v) is 5.52. The third-order valence-corrected chi connectivity index (χ3v) is 1.96. The molecule has 1 N–H and O–H groups in total. The molecule has 1 atom stereocenters. The van der Waals surface area contributed by atoms with Crippen molar-refractivity contribution in [3.8, 4) is 0 Å². The summed E-state index contributed by atoms with van der Waals surface area (Å²) in [5.41, 5.74) is 0. The molecule has 0 bridgehead atoms. The molecular weight excluding hydrogens is 130 g/mol. The molecule has 42 valence electrons. The number of rotatable bonds is 0. The second-order valence-electron chi connectivity index (χ2n) is 1.29. The zero-order valence-electron chi connectivity index (χ0n) is 3.89. The number of nitrogens with one attached hydrogen (secondary N) is 1. The Labute approximate surface area is 52.1 Å². The fraction of sp³-hybridized carbons (Fsp3) is 0.500. The van der Waals surface area contributed by atoms with E-state index in [1.54, 1.807) is 0 Å². The van der Waals surface area contributed by atoms with Gasteiger partial charge in [0, 0.05) is 5.75 Å². The lowest BCUT2D eigenvalue weighted by Gasteiger charge is -1.79. The van der Waals surface area contributed by atoms with Crippen molar-refractivity contribution >= 4 is 23.1 Å². The summed E-state index contributed by atoms with van der Waals surface area (Å²) in [6.45, 7) is 0. The largest absolute Gasteiger partial charge is 0.276 e. The molecule has 3 heteroatoms. The van der Waals surface area contributed by atoms with Crippen molar-refractivity contribution < 1.29 is 0 Å². The second kappa shape index (κ2) is 3.22. The smallest absolute Gasteiger partial charge is 0.0113 e. The number of hydrogen-bond acceptors (Lipinski definition) is 1. The Morgan fingerprint density at radius 1 is 1.57 bits per heavy atom. The first-order chi connectivity index (χ1) is 2.89. The van der Waals surface area contributed by atoms with E-state index in [4.69, 9.17) is 4.78 Å². The van der Waals surface area contributed by atoms with E-state index in [9.17, 15) is 0 Å². The summed E-state index contributed by atoms with van der Waals surface area (Å²) in [7, 11) is -0.103. The van der Waals surface area contributed by atoms with E-state index in [2.05, 4.69) is 6.08 Å². The fourth-order valence-electron chi connectivity index (χ4n) is 0.447. The lowest BCUT2D eigenvalue weighted by atomic mass is 10.5. The van der Waals surface area contributed by atoms with Crippen LogP contribution in [0, 0.1) is 4.78 Å². The topological polar surface area (TPSA) is 23.9 Å². The maximum Gasteiger partial charge on any atom is 0.0113 e. The molecule has 0 aromatic rings. The highest BCUT2D eigenvalue weighted by Crippen LogP contribution is 2.00. The van der Waals surface area contributed by atoms with Crippen LogP contribution in [0.5, 0.6) is 0 Å². The molecule has 0 aromatic carbocycles. The Balaban J connectivity index is 0.000000360. The number of halogens is 1. The van der Waals surface area contributed by atoms with Gasteiger partial charge >= 0.3 is 0 Å². The molecule has 0 saturated heterocycles. The molecule has 0 saturated carbocycles. The minimum atomic E-state index is -0.103. The molecule has 1 heterocycles. The zero-order chi connectivity index (χ0) is 4.41. The highest BCUT2D eigenvalue weighted by atomic mass is 35.5. The minimum absolute atomic E-state index is 0. The van der Waals surface area contributed by atoms with Gasteiger partial charge in [-0.2, -0.15) is 0 Å². The van der Waals surface area contributed by atoms with Gasteiger partial charge in [0.05, 0.1) is 0 Å². The average molecular weight is 138 g/mol. The van der Waals surface area contributed by atoms with Crippen LogP contribution >= 0.6 is 12.4 Å². The van der Waals surface area contributed by atoms with E-state index in [0.717, 1.165) is 12.2 Å². The predicted octanol–water partition coefficient (Wildman–Crippen LogP) is 1.71. The van der Waals surface area contributed by atoms with Crippen molar-refractivity contribution in [1.29, 1.82) is 4.78 Å². The van der Waals surface area contributed by atoms with Crippen molar-refractivity contribution in [2.45, 2.75) is 6.42 Å². The van der Waals surface area contributed by atoms with Crippen LogP contribution in [0.4, 0.5) is 0 Å². The summed E-state index contributed by atoms with van der Waals surface area (Å²) in [6.07, 6.45) is 3.21. The Kier molecular flexibility index (Phi) is 3.30. The van der Waals surface area contributed by atoms with Crippen LogP contribution in [-0.4, -0.2) is 5.75 Å². The first-order valence-electron chi connectivity index (χ1n) is 1.97. The van der Waals surface area contributed by atoms with Crippen molar-refractivity contribution in [2.24, 2.45) is 0 Å². The quantitative estimate of drug-likeness (QED) is 0.526. The van der Waals surface area contributed by atoms with Crippen LogP contribution in [-0.2, 0) is 10.7 Å². The lowest BCUT2D eigenvalue weighted by molar-refractivity contribution is 1.27.